The molecule has 0 radical (unpaired) electrons. The lowest BCUT2D eigenvalue weighted by molar-refractivity contribution is -0.145. The van der Waals surface area contributed by atoms with Crippen molar-refractivity contribution in [3.05, 3.63) is 11.6 Å². The minimum absolute atomic E-state index is 0.0954. The highest BCUT2D eigenvalue weighted by molar-refractivity contribution is 5.29. The van der Waals surface area contributed by atoms with Crippen molar-refractivity contribution >= 4 is 0 Å². The van der Waals surface area contributed by atoms with Crippen LogP contribution in [0, 0.1) is 51.8 Å². The lowest BCUT2D eigenvalue weighted by Gasteiger charge is -2.63. The molecule has 0 bridgehead atoms. The van der Waals surface area contributed by atoms with E-state index < -0.39 is 0 Å². The van der Waals surface area contributed by atoms with Gasteiger partial charge in [-0.25, -0.2) is 0 Å². The number of fused-ring (bicyclic) bond motifs is 5. The van der Waals surface area contributed by atoms with Gasteiger partial charge in [-0.1, -0.05) is 79.4 Å². The van der Waals surface area contributed by atoms with Crippen molar-refractivity contribution in [1.82, 2.24) is 0 Å². The van der Waals surface area contributed by atoms with Crippen molar-refractivity contribution in [3.63, 3.8) is 0 Å². The molecule has 32 heavy (non-hydrogen) atoms. The van der Waals surface area contributed by atoms with E-state index in [1.54, 1.807) is 0 Å². The lowest BCUT2D eigenvalue weighted by Crippen LogP contribution is -2.58. The van der Waals surface area contributed by atoms with E-state index in [2.05, 4.69) is 54.5 Å². The summed E-state index contributed by atoms with van der Waals surface area (Å²) in [6.45, 7) is 17.3. The summed E-state index contributed by atoms with van der Waals surface area (Å²) in [5, 5.41) is 11.1. The Morgan fingerprint density at radius 3 is 2.22 bits per heavy atom. The number of aliphatic hydroxyl groups excluding tert-OH is 1. The average Bonchev–Trinajstić information content (AvgIpc) is 3.11. The van der Waals surface area contributed by atoms with Crippen LogP contribution in [0.5, 0.6) is 0 Å². The first-order valence-corrected chi connectivity index (χ1v) is 14.5. The quantitative estimate of drug-likeness (QED) is 0.390. The van der Waals surface area contributed by atoms with Gasteiger partial charge in [0.15, 0.2) is 0 Å². The summed E-state index contributed by atoms with van der Waals surface area (Å²) in [6, 6.07) is 0. The first kappa shape index (κ1) is 24.8. The summed E-state index contributed by atoms with van der Waals surface area (Å²) in [6.07, 6.45) is 18.4. The summed E-state index contributed by atoms with van der Waals surface area (Å²) in [7, 11) is 0. The highest BCUT2D eigenvalue weighted by Crippen LogP contribution is 2.69. The summed E-state index contributed by atoms with van der Waals surface area (Å²) in [4.78, 5) is 0. The van der Waals surface area contributed by atoms with Gasteiger partial charge in [-0.2, -0.15) is 0 Å². The Morgan fingerprint density at radius 2 is 1.56 bits per heavy atom. The minimum atomic E-state index is -0.0954. The second kappa shape index (κ2) is 9.05. The zero-order valence-electron chi connectivity index (χ0n) is 22.6. The van der Waals surface area contributed by atoms with Crippen LogP contribution in [0.1, 0.15) is 126 Å². The van der Waals surface area contributed by atoms with Crippen molar-refractivity contribution in [2.24, 2.45) is 51.8 Å². The highest BCUT2D eigenvalue weighted by atomic mass is 16.3. The molecule has 0 amide bonds. The molecule has 1 nitrogen and oxygen atoms in total. The fourth-order valence-electron chi connectivity index (χ4n) is 10.2. The minimum Gasteiger partial charge on any atom is -0.393 e. The monoisotopic (exact) mass is 442 g/mol. The molecule has 0 aliphatic heterocycles. The smallest absolute Gasteiger partial charge is 0.0599 e. The maximum atomic E-state index is 11.1. The van der Waals surface area contributed by atoms with Crippen LogP contribution in [-0.2, 0) is 0 Å². The van der Waals surface area contributed by atoms with E-state index in [4.69, 9.17) is 0 Å². The summed E-state index contributed by atoms with van der Waals surface area (Å²) in [5.74, 6) is 4.92. The van der Waals surface area contributed by atoms with E-state index in [9.17, 15) is 5.11 Å². The molecule has 2 unspecified atom stereocenters. The van der Waals surface area contributed by atoms with Crippen molar-refractivity contribution in [2.75, 3.05) is 0 Å². The zero-order valence-corrected chi connectivity index (χ0v) is 22.6. The number of aliphatic hydroxyl groups is 1. The van der Waals surface area contributed by atoms with E-state index in [0.717, 1.165) is 48.9 Å². The van der Waals surface area contributed by atoms with Crippen LogP contribution in [0.25, 0.3) is 0 Å². The van der Waals surface area contributed by atoms with Crippen LogP contribution in [0.15, 0.2) is 11.6 Å². The Balaban J connectivity index is 1.57. The third-order valence-electron chi connectivity index (χ3n) is 12.1. The second-order valence-corrected chi connectivity index (χ2v) is 13.6. The normalized spacial score (nSPS) is 43.9. The molecule has 0 heterocycles. The van der Waals surface area contributed by atoms with Crippen molar-refractivity contribution < 1.29 is 5.11 Å². The fourth-order valence-corrected chi connectivity index (χ4v) is 10.2. The molecule has 0 spiro atoms. The van der Waals surface area contributed by atoms with Gasteiger partial charge in [-0.15, -0.1) is 0 Å². The van der Waals surface area contributed by atoms with E-state index >= 15 is 0 Å². The number of allylic oxidation sites excluding steroid dienone is 2. The Morgan fingerprint density at radius 1 is 0.906 bits per heavy atom. The van der Waals surface area contributed by atoms with Crippen LogP contribution in [0.3, 0.4) is 0 Å². The molecule has 184 valence electrons. The largest absolute Gasteiger partial charge is 0.393 e. The van der Waals surface area contributed by atoms with Crippen molar-refractivity contribution in [2.45, 2.75) is 132 Å². The second-order valence-electron chi connectivity index (χ2n) is 13.6. The van der Waals surface area contributed by atoms with Crippen LogP contribution >= 0.6 is 0 Å². The lowest BCUT2D eigenvalue weighted by atomic mass is 9.42. The van der Waals surface area contributed by atoms with E-state index in [0.29, 0.717) is 16.7 Å². The molecule has 4 aliphatic rings. The van der Waals surface area contributed by atoms with Crippen molar-refractivity contribution in [3.8, 4) is 0 Å². The van der Waals surface area contributed by atoms with Crippen molar-refractivity contribution in [1.29, 1.82) is 0 Å². The Labute approximate surface area is 200 Å². The highest BCUT2D eigenvalue weighted by Gasteiger charge is 2.62. The molecule has 3 fully saturated rings. The van der Waals surface area contributed by atoms with Gasteiger partial charge < -0.3 is 5.11 Å². The average molecular weight is 443 g/mol. The first-order chi connectivity index (χ1) is 15.1. The zero-order chi connectivity index (χ0) is 23.3. The van der Waals surface area contributed by atoms with Crippen LogP contribution < -0.4 is 0 Å². The Kier molecular flexibility index (Phi) is 7.02. The van der Waals surface area contributed by atoms with E-state index in [1.165, 1.54) is 57.8 Å². The predicted octanol–water partition coefficient (Wildman–Crippen LogP) is 8.81. The molecule has 4 aliphatic carbocycles. The molecule has 8 atom stereocenters. The summed E-state index contributed by atoms with van der Waals surface area (Å²) in [5.41, 5.74) is 2.95. The van der Waals surface area contributed by atoms with Crippen LogP contribution in [-0.4, -0.2) is 11.2 Å². The molecule has 0 aromatic rings. The molecule has 1 N–H and O–H groups in total. The van der Waals surface area contributed by atoms with Gasteiger partial charge in [0.2, 0.25) is 0 Å². The number of hydrogen-bond donors (Lipinski definition) is 1. The SMILES string of the molecule is CCC1(CC)C(O)CC[C@@]2(C)C1CC=C1[C@@H]3CC[C@H]([C@H](C)CCCC(C)C)[C@@]3(C)CC[C@@H]12. The van der Waals surface area contributed by atoms with Gasteiger partial charge in [-0.05, 0) is 110 Å². The van der Waals surface area contributed by atoms with Gasteiger partial charge >= 0.3 is 0 Å². The maximum Gasteiger partial charge on any atom is 0.0599 e. The molecular formula is C31H54O. The predicted molar refractivity (Wildman–Crippen MR) is 137 cm³/mol. The van der Waals surface area contributed by atoms with Gasteiger partial charge in [-0.3, -0.25) is 0 Å². The third-order valence-corrected chi connectivity index (χ3v) is 12.1. The number of rotatable bonds is 7. The molecule has 0 aromatic heterocycles. The molecule has 4 rings (SSSR count). The topological polar surface area (TPSA) is 20.2 Å². The van der Waals surface area contributed by atoms with E-state index in [-0.39, 0.29) is 11.5 Å². The van der Waals surface area contributed by atoms with Gasteiger partial charge in [0, 0.05) is 0 Å². The van der Waals surface area contributed by atoms with E-state index in [1.807, 2.05) is 5.57 Å². The summed E-state index contributed by atoms with van der Waals surface area (Å²) < 4.78 is 0. The maximum absolute atomic E-state index is 11.1. The number of hydrogen-bond acceptors (Lipinski definition) is 1. The molecular weight excluding hydrogens is 388 g/mol. The molecule has 1 heteroatoms. The fraction of sp³-hybridized carbons (Fsp3) is 0.935. The van der Waals surface area contributed by atoms with Gasteiger partial charge in [0.25, 0.3) is 0 Å². The van der Waals surface area contributed by atoms with Gasteiger partial charge in [0.1, 0.15) is 0 Å². The molecule has 0 aromatic carbocycles. The van der Waals surface area contributed by atoms with Gasteiger partial charge in [0.05, 0.1) is 6.10 Å². The molecule has 3 saturated carbocycles. The van der Waals surface area contributed by atoms with Crippen LogP contribution in [0.2, 0.25) is 0 Å². The molecule has 0 saturated heterocycles. The first-order valence-electron chi connectivity index (χ1n) is 14.5. The summed E-state index contributed by atoms with van der Waals surface area (Å²) >= 11 is 0. The standard InChI is InChI=1S/C31H54O/c1-8-31(9-2)27-16-13-23-25-15-14-24(22(5)12-10-11-21(3)4)29(25,6)19-17-26(23)30(27,7)20-18-28(31)32/h13,21-22,24-28,32H,8-12,14-20H2,1-7H3/t22-,24-,25+,26+,27?,28?,29-,30-/m1/s1. The Bertz CT molecular complexity index is 687. The Hall–Kier alpha value is -0.300. The van der Waals surface area contributed by atoms with Crippen LogP contribution in [0.4, 0.5) is 0 Å². The third kappa shape index (κ3) is 3.67.